The lowest BCUT2D eigenvalue weighted by atomic mass is 10.0. The summed E-state index contributed by atoms with van der Waals surface area (Å²) in [5.41, 5.74) is 1.99. The van der Waals surface area contributed by atoms with Crippen LogP contribution in [0.5, 0.6) is 0 Å². The summed E-state index contributed by atoms with van der Waals surface area (Å²) < 4.78 is 10.3. The second-order valence-electron chi connectivity index (χ2n) is 9.65. The summed E-state index contributed by atoms with van der Waals surface area (Å²) in [5, 5.41) is 8.77. The Bertz CT molecular complexity index is 971. The molecule has 0 aliphatic heterocycles. The fourth-order valence-corrected chi connectivity index (χ4v) is 3.52. The number of unbranched alkanes of at least 4 members (excludes halogenated alkanes) is 1. The van der Waals surface area contributed by atoms with Crippen molar-refractivity contribution < 1.29 is 23.9 Å². The van der Waals surface area contributed by atoms with Crippen LogP contribution in [0.1, 0.15) is 51.7 Å². The van der Waals surface area contributed by atoms with Crippen molar-refractivity contribution in [3.8, 4) is 0 Å². The number of anilines is 1. The summed E-state index contributed by atoms with van der Waals surface area (Å²) >= 11 is 0. The van der Waals surface area contributed by atoms with Gasteiger partial charge in [0.25, 0.3) is 0 Å². The third kappa shape index (κ3) is 10.4. The zero-order chi connectivity index (χ0) is 26.6. The van der Waals surface area contributed by atoms with Gasteiger partial charge in [0.2, 0.25) is 5.91 Å². The van der Waals surface area contributed by atoms with E-state index < -0.39 is 35.7 Å². The molecule has 2 amide bonds. The second kappa shape index (κ2) is 14.1. The molecule has 2 rings (SSSR count). The average molecular weight is 498 g/mol. The van der Waals surface area contributed by atoms with Crippen LogP contribution in [-0.2, 0) is 31.9 Å². The van der Waals surface area contributed by atoms with Gasteiger partial charge in [-0.15, -0.1) is 0 Å². The molecule has 0 saturated carbocycles. The molecular formula is C28H39N3O5. The quantitative estimate of drug-likeness (QED) is 0.299. The normalized spacial score (nSPS) is 12.7. The van der Waals surface area contributed by atoms with E-state index >= 15 is 0 Å². The Balaban J connectivity index is 2.18. The van der Waals surface area contributed by atoms with Gasteiger partial charge in [-0.05, 0) is 50.5 Å². The molecular weight excluding hydrogens is 458 g/mol. The van der Waals surface area contributed by atoms with Gasteiger partial charge in [0.05, 0.1) is 7.11 Å². The minimum atomic E-state index is -0.957. The molecule has 2 atom stereocenters. The largest absolute Gasteiger partial charge is 0.467 e. The summed E-state index contributed by atoms with van der Waals surface area (Å²) in [7, 11) is 1.28. The molecule has 36 heavy (non-hydrogen) atoms. The molecule has 8 heteroatoms. The molecule has 0 aromatic heterocycles. The standard InChI is InChI=1S/C28H39N3O5/c1-6-7-17-29-22-15-13-21(14-16-22)18-23(31-27(34)36-28(2,3)4)25(32)30-24(26(33)35-5)19-20-11-9-8-10-12-20/h8-16,23-24,29H,6-7,17-19H2,1-5H3,(H,30,32)(H,31,34)/t23-,24-/m0/s1. The number of amides is 2. The van der Waals surface area contributed by atoms with Crippen molar-refractivity contribution in [1.29, 1.82) is 0 Å². The summed E-state index contributed by atoms with van der Waals surface area (Å²) in [4.78, 5) is 38.3. The molecule has 2 aromatic rings. The maximum atomic E-state index is 13.3. The minimum Gasteiger partial charge on any atom is -0.467 e. The molecule has 0 fully saturated rings. The summed E-state index contributed by atoms with van der Waals surface area (Å²) in [6.45, 7) is 8.27. The van der Waals surface area contributed by atoms with Crippen molar-refractivity contribution in [2.45, 2.75) is 71.1 Å². The lowest BCUT2D eigenvalue weighted by molar-refractivity contribution is -0.145. The molecule has 2 aromatic carbocycles. The van der Waals surface area contributed by atoms with E-state index in [1.165, 1.54) is 7.11 Å². The number of hydrogen-bond donors (Lipinski definition) is 3. The first-order chi connectivity index (χ1) is 17.1. The molecule has 0 bridgehead atoms. The van der Waals surface area contributed by atoms with Crippen molar-refractivity contribution in [1.82, 2.24) is 10.6 Å². The first-order valence-corrected chi connectivity index (χ1v) is 12.4. The highest BCUT2D eigenvalue weighted by Gasteiger charge is 2.29. The third-order valence-corrected chi connectivity index (χ3v) is 5.35. The highest BCUT2D eigenvalue weighted by molar-refractivity contribution is 5.90. The van der Waals surface area contributed by atoms with E-state index in [9.17, 15) is 14.4 Å². The zero-order valence-corrected chi connectivity index (χ0v) is 21.9. The number of carbonyl (C=O) groups is 3. The summed E-state index contributed by atoms with van der Waals surface area (Å²) in [6.07, 6.45) is 1.96. The third-order valence-electron chi connectivity index (χ3n) is 5.35. The van der Waals surface area contributed by atoms with Crippen LogP contribution < -0.4 is 16.0 Å². The van der Waals surface area contributed by atoms with Gasteiger partial charge < -0.3 is 25.4 Å². The maximum Gasteiger partial charge on any atom is 0.408 e. The van der Waals surface area contributed by atoms with Gasteiger partial charge in [-0.2, -0.15) is 0 Å². The number of hydrogen-bond acceptors (Lipinski definition) is 6. The van der Waals surface area contributed by atoms with E-state index in [1.807, 2.05) is 54.6 Å². The van der Waals surface area contributed by atoms with E-state index in [2.05, 4.69) is 22.9 Å². The van der Waals surface area contributed by atoms with Gasteiger partial charge in [-0.1, -0.05) is 55.8 Å². The number of alkyl carbamates (subject to hydrolysis) is 1. The van der Waals surface area contributed by atoms with Gasteiger partial charge in [0, 0.05) is 25.1 Å². The Morgan fingerprint density at radius 1 is 0.861 bits per heavy atom. The van der Waals surface area contributed by atoms with Crippen LogP contribution in [0.2, 0.25) is 0 Å². The number of carbonyl (C=O) groups excluding carboxylic acids is 3. The number of ether oxygens (including phenoxy) is 2. The molecule has 0 saturated heterocycles. The lowest BCUT2D eigenvalue weighted by Gasteiger charge is -2.25. The van der Waals surface area contributed by atoms with Crippen LogP contribution >= 0.6 is 0 Å². The van der Waals surface area contributed by atoms with Crippen LogP contribution in [0, 0.1) is 0 Å². The van der Waals surface area contributed by atoms with E-state index in [0.717, 1.165) is 36.2 Å². The van der Waals surface area contributed by atoms with E-state index in [0.29, 0.717) is 0 Å². The van der Waals surface area contributed by atoms with E-state index in [1.54, 1.807) is 20.8 Å². The van der Waals surface area contributed by atoms with Gasteiger partial charge in [-0.25, -0.2) is 9.59 Å². The Morgan fingerprint density at radius 3 is 2.06 bits per heavy atom. The molecule has 3 N–H and O–H groups in total. The Kier molecular flexibility index (Phi) is 11.2. The maximum absolute atomic E-state index is 13.3. The van der Waals surface area contributed by atoms with Crippen LogP contribution in [-0.4, -0.2) is 49.3 Å². The fourth-order valence-electron chi connectivity index (χ4n) is 3.52. The van der Waals surface area contributed by atoms with Gasteiger partial charge >= 0.3 is 12.1 Å². The molecule has 0 radical (unpaired) electrons. The van der Waals surface area contributed by atoms with Crippen molar-refractivity contribution in [2.75, 3.05) is 19.0 Å². The van der Waals surface area contributed by atoms with Crippen LogP contribution in [0.15, 0.2) is 54.6 Å². The van der Waals surface area contributed by atoms with Crippen molar-refractivity contribution in [2.24, 2.45) is 0 Å². The van der Waals surface area contributed by atoms with Crippen molar-refractivity contribution in [3.63, 3.8) is 0 Å². The Labute approximate surface area is 214 Å². The highest BCUT2D eigenvalue weighted by atomic mass is 16.6. The predicted molar refractivity (Wildman–Crippen MR) is 141 cm³/mol. The van der Waals surface area contributed by atoms with Crippen molar-refractivity contribution >= 4 is 23.7 Å². The monoisotopic (exact) mass is 497 g/mol. The molecule has 0 heterocycles. The van der Waals surface area contributed by atoms with Crippen molar-refractivity contribution in [3.05, 3.63) is 65.7 Å². The Hall–Kier alpha value is -3.55. The average Bonchev–Trinajstić information content (AvgIpc) is 2.83. The number of rotatable bonds is 12. The predicted octanol–water partition coefficient (Wildman–Crippen LogP) is 4.23. The first-order valence-electron chi connectivity index (χ1n) is 12.4. The zero-order valence-electron chi connectivity index (χ0n) is 21.9. The smallest absolute Gasteiger partial charge is 0.408 e. The minimum absolute atomic E-state index is 0.222. The van der Waals surface area contributed by atoms with Crippen LogP contribution in [0.3, 0.4) is 0 Å². The van der Waals surface area contributed by atoms with Gasteiger partial charge in [-0.3, -0.25) is 4.79 Å². The van der Waals surface area contributed by atoms with Crippen LogP contribution in [0.25, 0.3) is 0 Å². The van der Waals surface area contributed by atoms with Gasteiger partial charge in [0.1, 0.15) is 17.7 Å². The molecule has 8 nitrogen and oxygen atoms in total. The van der Waals surface area contributed by atoms with Crippen LogP contribution in [0.4, 0.5) is 10.5 Å². The van der Waals surface area contributed by atoms with E-state index in [4.69, 9.17) is 9.47 Å². The molecule has 0 unspecified atom stereocenters. The lowest BCUT2D eigenvalue weighted by Crippen LogP contribution is -2.53. The summed E-state index contributed by atoms with van der Waals surface area (Å²) in [6, 6.07) is 15.2. The molecule has 0 spiro atoms. The molecule has 0 aliphatic rings. The van der Waals surface area contributed by atoms with Gasteiger partial charge in [0.15, 0.2) is 0 Å². The fraction of sp³-hybridized carbons (Fsp3) is 0.464. The number of benzene rings is 2. The highest BCUT2D eigenvalue weighted by Crippen LogP contribution is 2.13. The molecule has 0 aliphatic carbocycles. The number of esters is 1. The number of methoxy groups -OCH3 is 1. The second-order valence-corrected chi connectivity index (χ2v) is 9.65. The summed E-state index contributed by atoms with van der Waals surface area (Å²) in [5.74, 6) is -1.07. The SMILES string of the molecule is CCCCNc1ccc(C[C@H](NC(=O)OC(C)(C)C)C(=O)N[C@@H](Cc2ccccc2)C(=O)OC)cc1. The number of nitrogens with one attached hydrogen (secondary N) is 3. The Morgan fingerprint density at radius 2 is 1.47 bits per heavy atom. The first kappa shape index (κ1) is 28.7. The molecule has 196 valence electrons. The topological polar surface area (TPSA) is 106 Å². The van der Waals surface area contributed by atoms with E-state index in [-0.39, 0.29) is 12.8 Å².